The average molecular weight is 992 g/mol. The van der Waals surface area contributed by atoms with E-state index < -0.39 is 6.10 Å². The average Bonchev–Trinajstić information content (AvgIpc) is 3.37. The van der Waals surface area contributed by atoms with Gasteiger partial charge in [-0.1, -0.05) is 267 Å². The Morgan fingerprint density at radius 1 is 0.296 bits per heavy atom. The van der Waals surface area contributed by atoms with Crippen LogP contribution in [0.25, 0.3) is 0 Å². The Labute approximate surface area is 440 Å². The molecule has 0 aliphatic heterocycles. The second kappa shape index (κ2) is 59.4. The molecule has 0 radical (unpaired) electrons. The molecule has 0 aromatic carbocycles. The van der Waals surface area contributed by atoms with E-state index in [1.165, 1.54) is 154 Å². The van der Waals surface area contributed by atoms with Crippen molar-refractivity contribution in [3.05, 3.63) is 72.9 Å². The minimum atomic E-state index is -0.793. The first-order chi connectivity index (χ1) is 35.0. The fraction of sp³-hybridized carbons (Fsp3) is 0.769. The van der Waals surface area contributed by atoms with Crippen LogP contribution < -0.4 is 0 Å². The van der Waals surface area contributed by atoms with E-state index in [-0.39, 0.29) is 31.1 Å². The summed E-state index contributed by atoms with van der Waals surface area (Å²) in [6.07, 6.45) is 76.1. The summed E-state index contributed by atoms with van der Waals surface area (Å²) < 4.78 is 16.9. The molecule has 0 spiro atoms. The summed E-state index contributed by atoms with van der Waals surface area (Å²) in [5, 5.41) is 0. The summed E-state index contributed by atoms with van der Waals surface area (Å²) in [6, 6.07) is 0. The normalized spacial score (nSPS) is 12.5. The summed E-state index contributed by atoms with van der Waals surface area (Å²) in [7, 11) is 0. The van der Waals surface area contributed by atoms with Crippen molar-refractivity contribution in [1.82, 2.24) is 0 Å². The zero-order valence-electron chi connectivity index (χ0n) is 47.0. The lowest BCUT2D eigenvalue weighted by atomic mass is 10.0. The third-order valence-corrected chi connectivity index (χ3v) is 13.2. The molecule has 0 fully saturated rings. The third kappa shape index (κ3) is 57.6. The molecule has 0 saturated carbocycles. The molecular weight excluding hydrogens is 877 g/mol. The number of unbranched alkanes of at least 4 members (excludes halogenated alkanes) is 32. The van der Waals surface area contributed by atoms with Crippen molar-refractivity contribution < 1.29 is 28.6 Å². The Morgan fingerprint density at radius 2 is 0.549 bits per heavy atom. The monoisotopic (exact) mass is 991 g/mol. The van der Waals surface area contributed by atoms with E-state index in [9.17, 15) is 14.4 Å². The number of allylic oxidation sites excluding steroid dienone is 12. The maximum Gasteiger partial charge on any atom is 0.306 e. The smallest absolute Gasteiger partial charge is 0.306 e. The molecule has 0 aromatic rings. The Balaban J connectivity index is 4.43. The molecule has 6 nitrogen and oxygen atoms in total. The molecule has 0 saturated heterocycles. The summed E-state index contributed by atoms with van der Waals surface area (Å²) >= 11 is 0. The predicted molar refractivity (Wildman–Crippen MR) is 307 cm³/mol. The van der Waals surface area contributed by atoms with Crippen LogP contribution in [0.15, 0.2) is 72.9 Å². The number of rotatable bonds is 55. The van der Waals surface area contributed by atoms with Crippen LogP contribution in [0.4, 0.5) is 0 Å². The highest BCUT2D eigenvalue weighted by Crippen LogP contribution is 2.16. The maximum atomic E-state index is 12.9. The van der Waals surface area contributed by atoms with E-state index in [4.69, 9.17) is 14.2 Å². The van der Waals surface area contributed by atoms with Crippen LogP contribution in [0, 0.1) is 0 Å². The van der Waals surface area contributed by atoms with Crippen LogP contribution in [-0.4, -0.2) is 37.2 Å². The van der Waals surface area contributed by atoms with Crippen molar-refractivity contribution in [2.24, 2.45) is 0 Å². The Hall–Kier alpha value is -3.15. The first kappa shape index (κ1) is 67.8. The van der Waals surface area contributed by atoms with E-state index in [0.717, 1.165) is 109 Å². The molecule has 0 amide bonds. The quantitative estimate of drug-likeness (QED) is 0.0261. The minimum absolute atomic E-state index is 0.0867. The zero-order chi connectivity index (χ0) is 51.4. The second-order valence-electron chi connectivity index (χ2n) is 20.2. The van der Waals surface area contributed by atoms with E-state index in [1.807, 2.05) is 0 Å². The molecular formula is C65H114O6. The highest BCUT2D eigenvalue weighted by molar-refractivity contribution is 5.71. The number of carbonyl (C=O) groups excluding carboxylic acids is 3. The largest absolute Gasteiger partial charge is 0.462 e. The lowest BCUT2D eigenvalue weighted by molar-refractivity contribution is -0.167. The van der Waals surface area contributed by atoms with E-state index in [2.05, 4.69) is 93.7 Å². The van der Waals surface area contributed by atoms with Gasteiger partial charge in [-0.05, 0) is 89.9 Å². The first-order valence-corrected chi connectivity index (χ1v) is 30.4. The molecule has 410 valence electrons. The number of hydrogen-bond donors (Lipinski definition) is 0. The van der Waals surface area contributed by atoms with Gasteiger partial charge in [-0.15, -0.1) is 0 Å². The molecule has 0 aliphatic carbocycles. The summed E-state index contributed by atoms with van der Waals surface area (Å²) in [5.74, 6) is -0.915. The molecule has 0 rings (SSSR count). The molecule has 0 aromatic heterocycles. The molecule has 0 N–H and O–H groups in total. The number of carbonyl (C=O) groups is 3. The van der Waals surface area contributed by atoms with Crippen molar-refractivity contribution in [2.75, 3.05) is 13.2 Å². The Morgan fingerprint density at radius 3 is 0.887 bits per heavy atom. The molecule has 0 bridgehead atoms. The summed E-state index contributed by atoms with van der Waals surface area (Å²) in [4.78, 5) is 38.2. The van der Waals surface area contributed by atoms with E-state index in [1.54, 1.807) is 0 Å². The Bertz CT molecular complexity index is 1320. The standard InChI is InChI=1S/C65H114O6/c1-4-7-10-13-16-19-22-25-28-31-33-35-37-40-43-46-49-52-55-58-64(67)70-61-62(60-69-63(66)57-54-51-48-45-42-39-36-30-27-24-21-18-15-12-9-6-3)71-65(68)59-56-53-50-47-44-41-38-34-32-29-26-23-20-17-14-11-8-5-2/h7,10,16,19,25,28,33-35,38,40,43,62H,4-6,8-9,11-15,17-18,20-24,26-27,29-32,36-37,39,41-42,44-61H2,1-3H3/b10-7-,19-16-,28-25-,35-33-,38-34-,43-40-. The zero-order valence-corrected chi connectivity index (χ0v) is 47.0. The van der Waals surface area contributed by atoms with Crippen LogP contribution >= 0.6 is 0 Å². The van der Waals surface area contributed by atoms with Crippen molar-refractivity contribution >= 4 is 17.9 Å². The third-order valence-electron chi connectivity index (χ3n) is 13.2. The molecule has 0 aliphatic rings. The number of esters is 3. The van der Waals surface area contributed by atoms with E-state index >= 15 is 0 Å². The minimum Gasteiger partial charge on any atom is -0.462 e. The highest BCUT2D eigenvalue weighted by atomic mass is 16.6. The van der Waals surface area contributed by atoms with Gasteiger partial charge in [0.05, 0.1) is 0 Å². The van der Waals surface area contributed by atoms with Crippen LogP contribution in [-0.2, 0) is 28.6 Å². The lowest BCUT2D eigenvalue weighted by Crippen LogP contribution is -2.30. The fourth-order valence-electron chi connectivity index (χ4n) is 8.64. The van der Waals surface area contributed by atoms with Gasteiger partial charge in [-0.2, -0.15) is 0 Å². The van der Waals surface area contributed by atoms with Crippen molar-refractivity contribution in [3.63, 3.8) is 0 Å². The highest BCUT2D eigenvalue weighted by Gasteiger charge is 2.19. The molecule has 0 heterocycles. The van der Waals surface area contributed by atoms with Crippen LogP contribution in [0.2, 0.25) is 0 Å². The van der Waals surface area contributed by atoms with Crippen molar-refractivity contribution in [1.29, 1.82) is 0 Å². The van der Waals surface area contributed by atoms with Gasteiger partial charge in [0.2, 0.25) is 0 Å². The van der Waals surface area contributed by atoms with Gasteiger partial charge in [-0.3, -0.25) is 14.4 Å². The van der Waals surface area contributed by atoms with Crippen molar-refractivity contribution in [2.45, 2.75) is 309 Å². The maximum absolute atomic E-state index is 12.9. The van der Waals surface area contributed by atoms with Gasteiger partial charge in [-0.25, -0.2) is 0 Å². The number of ether oxygens (including phenoxy) is 3. The fourth-order valence-corrected chi connectivity index (χ4v) is 8.64. The van der Waals surface area contributed by atoms with Gasteiger partial charge < -0.3 is 14.2 Å². The van der Waals surface area contributed by atoms with Crippen LogP contribution in [0.3, 0.4) is 0 Å². The summed E-state index contributed by atoms with van der Waals surface area (Å²) in [5.41, 5.74) is 0. The molecule has 6 heteroatoms. The van der Waals surface area contributed by atoms with E-state index in [0.29, 0.717) is 19.3 Å². The second-order valence-corrected chi connectivity index (χ2v) is 20.2. The van der Waals surface area contributed by atoms with Gasteiger partial charge in [0.1, 0.15) is 13.2 Å². The van der Waals surface area contributed by atoms with Gasteiger partial charge in [0.15, 0.2) is 6.10 Å². The molecule has 1 atom stereocenters. The molecule has 1 unspecified atom stereocenters. The van der Waals surface area contributed by atoms with Crippen LogP contribution in [0.5, 0.6) is 0 Å². The lowest BCUT2D eigenvalue weighted by Gasteiger charge is -2.18. The summed E-state index contributed by atoms with van der Waals surface area (Å²) in [6.45, 7) is 6.53. The first-order valence-electron chi connectivity index (χ1n) is 30.4. The van der Waals surface area contributed by atoms with Gasteiger partial charge in [0.25, 0.3) is 0 Å². The van der Waals surface area contributed by atoms with Crippen LogP contribution in [0.1, 0.15) is 303 Å². The van der Waals surface area contributed by atoms with Gasteiger partial charge in [0, 0.05) is 19.3 Å². The molecule has 71 heavy (non-hydrogen) atoms. The van der Waals surface area contributed by atoms with Gasteiger partial charge >= 0.3 is 17.9 Å². The van der Waals surface area contributed by atoms with Crippen molar-refractivity contribution in [3.8, 4) is 0 Å². The Kier molecular flexibility index (Phi) is 56.8. The SMILES string of the molecule is CC/C=C\C/C=C\C/C=C\C/C=C\C/C=C\CCCCCC(=O)OCC(COC(=O)CCCCCCCCCCCCCCCCCC)OC(=O)CCCCCCC/C=C\CCCCCCCCCCC. The number of hydrogen-bond acceptors (Lipinski definition) is 6. The predicted octanol–water partition coefficient (Wildman–Crippen LogP) is 20.5. The topological polar surface area (TPSA) is 78.9 Å².